The van der Waals surface area contributed by atoms with Crippen LogP contribution in [0.15, 0.2) is 18.2 Å². The Morgan fingerprint density at radius 2 is 2.17 bits per heavy atom. The molecule has 0 saturated carbocycles. The Bertz CT molecular complexity index is 621. The van der Waals surface area contributed by atoms with Gasteiger partial charge in [-0.15, -0.1) is 0 Å². The maximum atomic E-state index is 11.9. The van der Waals surface area contributed by atoms with Gasteiger partial charge in [-0.2, -0.15) is 0 Å². The maximum absolute atomic E-state index is 11.9. The highest BCUT2D eigenvalue weighted by Gasteiger charge is 2.31. The zero-order valence-electron chi connectivity index (χ0n) is 13.2. The minimum atomic E-state index is -0.869. The van der Waals surface area contributed by atoms with E-state index < -0.39 is 12.0 Å². The molecule has 0 unspecified atom stereocenters. The van der Waals surface area contributed by atoms with Gasteiger partial charge in [-0.05, 0) is 31.5 Å². The molecule has 2 N–H and O–H groups in total. The summed E-state index contributed by atoms with van der Waals surface area (Å²) in [5.41, 5.74) is 0. The van der Waals surface area contributed by atoms with E-state index in [0.29, 0.717) is 43.4 Å². The molecule has 3 rings (SSSR count). The molecule has 0 spiro atoms. The van der Waals surface area contributed by atoms with Crippen molar-refractivity contribution in [1.82, 2.24) is 10.2 Å². The number of carbonyl (C=O) groups is 2. The summed E-state index contributed by atoms with van der Waals surface area (Å²) >= 11 is 0. The van der Waals surface area contributed by atoms with Crippen LogP contribution < -0.4 is 19.5 Å². The van der Waals surface area contributed by atoms with E-state index in [4.69, 9.17) is 19.3 Å². The normalized spacial score (nSPS) is 19.2. The second-order valence-electron chi connectivity index (χ2n) is 5.68. The Balaban J connectivity index is 1.37. The zero-order valence-corrected chi connectivity index (χ0v) is 13.2. The summed E-state index contributed by atoms with van der Waals surface area (Å²) in [5.74, 6) is 0.905. The van der Waals surface area contributed by atoms with E-state index in [9.17, 15) is 9.59 Å². The summed E-state index contributed by atoms with van der Waals surface area (Å²) in [6.45, 7) is 1.61. The molecular formula is C16H20N2O6. The zero-order chi connectivity index (χ0) is 16.9. The molecule has 2 aliphatic rings. The van der Waals surface area contributed by atoms with Crippen LogP contribution >= 0.6 is 0 Å². The number of benzene rings is 1. The minimum Gasteiger partial charge on any atom is -0.492 e. The fourth-order valence-electron chi connectivity index (χ4n) is 2.86. The average molecular weight is 336 g/mol. The Kier molecular flexibility index (Phi) is 5.05. The number of fused-ring (bicyclic) bond motifs is 1. The Morgan fingerprint density at radius 1 is 1.33 bits per heavy atom. The quantitative estimate of drug-likeness (QED) is 0.698. The van der Waals surface area contributed by atoms with Crippen LogP contribution in [0.2, 0.25) is 0 Å². The summed E-state index contributed by atoms with van der Waals surface area (Å²) < 4.78 is 16.0. The average Bonchev–Trinajstić information content (AvgIpc) is 3.19. The second-order valence-corrected chi connectivity index (χ2v) is 5.68. The van der Waals surface area contributed by atoms with Gasteiger partial charge < -0.3 is 24.6 Å². The number of nitrogens with one attached hydrogen (secondary N) is 1. The van der Waals surface area contributed by atoms with Crippen molar-refractivity contribution < 1.29 is 28.9 Å². The molecule has 0 bridgehead atoms. The molecule has 1 aromatic carbocycles. The molecular weight excluding hydrogens is 316 g/mol. The molecule has 1 saturated heterocycles. The summed E-state index contributed by atoms with van der Waals surface area (Å²) in [7, 11) is 0. The lowest BCUT2D eigenvalue weighted by Crippen LogP contribution is -2.43. The lowest BCUT2D eigenvalue weighted by Gasteiger charge is -2.20. The van der Waals surface area contributed by atoms with Gasteiger partial charge in [0.15, 0.2) is 11.5 Å². The molecule has 2 heterocycles. The van der Waals surface area contributed by atoms with Gasteiger partial charge in [0.2, 0.25) is 12.7 Å². The molecule has 130 valence electrons. The Labute approximate surface area is 139 Å². The number of hydrogen-bond donors (Lipinski definition) is 2. The van der Waals surface area contributed by atoms with Crippen molar-refractivity contribution in [2.45, 2.75) is 18.9 Å². The number of ether oxygens (including phenoxy) is 3. The number of rotatable bonds is 7. The van der Waals surface area contributed by atoms with Gasteiger partial charge in [-0.25, -0.2) is 0 Å². The van der Waals surface area contributed by atoms with Gasteiger partial charge in [0.25, 0.3) is 0 Å². The highest BCUT2D eigenvalue weighted by atomic mass is 16.7. The summed E-state index contributed by atoms with van der Waals surface area (Å²) in [6.07, 6.45) is 1.40. The van der Waals surface area contributed by atoms with Crippen LogP contribution in [0, 0.1) is 0 Å². The molecule has 1 amide bonds. The van der Waals surface area contributed by atoms with Crippen molar-refractivity contribution in [2.24, 2.45) is 0 Å². The van der Waals surface area contributed by atoms with Crippen molar-refractivity contribution in [3.05, 3.63) is 18.2 Å². The molecule has 0 aliphatic carbocycles. The predicted molar refractivity (Wildman–Crippen MR) is 83.3 cm³/mol. The third-order valence-electron chi connectivity index (χ3n) is 4.03. The SMILES string of the molecule is O=C(CN1CCC[C@@H]1C(=O)O)NCCOc1ccc2c(c1)OCO2. The topological polar surface area (TPSA) is 97.3 Å². The van der Waals surface area contributed by atoms with E-state index in [2.05, 4.69) is 5.32 Å². The number of nitrogens with zero attached hydrogens (tertiary/aromatic N) is 1. The van der Waals surface area contributed by atoms with Gasteiger partial charge in [-0.3, -0.25) is 14.5 Å². The molecule has 0 radical (unpaired) electrons. The summed E-state index contributed by atoms with van der Waals surface area (Å²) in [4.78, 5) is 24.7. The fraction of sp³-hybridized carbons (Fsp3) is 0.500. The number of carboxylic acids is 1. The van der Waals surface area contributed by atoms with E-state index in [1.165, 1.54) is 0 Å². The highest BCUT2D eigenvalue weighted by molar-refractivity contribution is 5.80. The van der Waals surface area contributed by atoms with Crippen LogP contribution in [0.1, 0.15) is 12.8 Å². The first kappa shape index (κ1) is 16.4. The van der Waals surface area contributed by atoms with Crippen molar-refractivity contribution in [3.63, 3.8) is 0 Å². The molecule has 1 atom stereocenters. The molecule has 1 aromatic rings. The first-order chi connectivity index (χ1) is 11.6. The third-order valence-corrected chi connectivity index (χ3v) is 4.03. The first-order valence-corrected chi connectivity index (χ1v) is 7.89. The number of likely N-dealkylation sites (tertiary alicyclic amines) is 1. The molecule has 1 fully saturated rings. The number of carbonyl (C=O) groups excluding carboxylic acids is 1. The van der Waals surface area contributed by atoms with Crippen LogP contribution in [-0.4, -0.2) is 61.0 Å². The lowest BCUT2D eigenvalue weighted by molar-refractivity contribution is -0.142. The molecule has 8 nitrogen and oxygen atoms in total. The first-order valence-electron chi connectivity index (χ1n) is 7.89. The van der Waals surface area contributed by atoms with E-state index in [1.54, 1.807) is 23.1 Å². The van der Waals surface area contributed by atoms with Crippen molar-refractivity contribution in [3.8, 4) is 17.2 Å². The van der Waals surface area contributed by atoms with Crippen LogP contribution in [-0.2, 0) is 9.59 Å². The van der Waals surface area contributed by atoms with Gasteiger partial charge in [-0.1, -0.05) is 0 Å². The van der Waals surface area contributed by atoms with Crippen LogP contribution in [0.25, 0.3) is 0 Å². The van der Waals surface area contributed by atoms with Crippen molar-refractivity contribution in [1.29, 1.82) is 0 Å². The maximum Gasteiger partial charge on any atom is 0.320 e. The Hall–Kier alpha value is -2.48. The summed E-state index contributed by atoms with van der Waals surface area (Å²) in [5, 5.41) is 11.8. The van der Waals surface area contributed by atoms with Gasteiger partial charge in [0.1, 0.15) is 18.4 Å². The van der Waals surface area contributed by atoms with Gasteiger partial charge in [0, 0.05) is 6.07 Å². The molecule has 24 heavy (non-hydrogen) atoms. The molecule has 2 aliphatic heterocycles. The van der Waals surface area contributed by atoms with Gasteiger partial charge in [0.05, 0.1) is 13.1 Å². The minimum absolute atomic E-state index is 0.0982. The van der Waals surface area contributed by atoms with E-state index in [0.717, 1.165) is 6.42 Å². The van der Waals surface area contributed by atoms with Crippen LogP contribution in [0.4, 0.5) is 0 Å². The fourth-order valence-corrected chi connectivity index (χ4v) is 2.86. The van der Waals surface area contributed by atoms with Crippen LogP contribution in [0.5, 0.6) is 17.2 Å². The van der Waals surface area contributed by atoms with Crippen molar-refractivity contribution >= 4 is 11.9 Å². The standard InChI is InChI=1S/C16H20N2O6/c19-15(9-18-6-1-2-12(18)16(20)21)17-5-7-22-11-3-4-13-14(8-11)24-10-23-13/h3-4,8,12H,1-2,5-7,9-10H2,(H,17,19)(H,20,21)/t12-/m1/s1. The predicted octanol–water partition coefficient (Wildman–Crippen LogP) is 0.459. The number of aliphatic carboxylic acids is 1. The van der Waals surface area contributed by atoms with E-state index in [-0.39, 0.29) is 19.2 Å². The highest BCUT2D eigenvalue weighted by Crippen LogP contribution is 2.34. The second kappa shape index (κ2) is 7.39. The lowest BCUT2D eigenvalue weighted by atomic mass is 10.2. The Morgan fingerprint density at radius 3 is 3.00 bits per heavy atom. The smallest absolute Gasteiger partial charge is 0.320 e. The summed E-state index contributed by atoms with van der Waals surface area (Å²) in [6, 6.07) is 4.74. The number of carboxylic acid groups (broad SMARTS) is 1. The van der Waals surface area contributed by atoms with E-state index >= 15 is 0 Å². The molecule has 0 aromatic heterocycles. The largest absolute Gasteiger partial charge is 0.492 e. The van der Waals surface area contributed by atoms with E-state index in [1.807, 2.05) is 0 Å². The van der Waals surface area contributed by atoms with Crippen LogP contribution in [0.3, 0.4) is 0 Å². The number of amides is 1. The number of hydrogen-bond acceptors (Lipinski definition) is 6. The molecule has 8 heteroatoms. The van der Waals surface area contributed by atoms with Gasteiger partial charge >= 0.3 is 5.97 Å². The third kappa shape index (κ3) is 3.88. The van der Waals surface area contributed by atoms with Crippen molar-refractivity contribution in [2.75, 3.05) is 33.0 Å². The monoisotopic (exact) mass is 336 g/mol.